The van der Waals surface area contributed by atoms with Crippen LogP contribution in [0.4, 0.5) is 0 Å². The monoisotopic (exact) mass is 319 g/mol. The lowest BCUT2D eigenvalue weighted by Crippen LogP contribution is -2.46. The number of benzene rings is 1. The maximum atomic E-state index is 12.2. The van der Waals surface area contributed by atoms with Crippen molar-refractivity contribution >= 4 is 17.5 Å². The first-order valence-electron chi connectivity index (χ1n) is 7.39. The molecule has 1 aromatic carbocycles. The Bertz CT molecular complexity index is 654. The van der Waals surface area contributed by atoms with Crippen LogP contribution in [0.15, 0.2) is 34.9 Å². The van der Waals surface area contributed by atoms with E-state index in [0.717, 1.165) is 24.9 Å². The number of halogens is 1. The summed E-state index contributed by atoms with van der Waals surface area (Å²) in [6.45, 7) is 3.04. The molecule has 1 aliphatic heterocycles. The van der Waals surface area contributed by atoms with Crippen molar-refractivity contribution in [3.8, 4) is 11.3 Å². The van der Waals surface area contributed by atoms with Crippen molar-refractivity contribution < 1.29 is 9.32 Å². The molecule has 5 nitrogen and oxygen atoms in total. The Morgan fingerprint density at radius 1 is 1.41 bits per heavy atom. The van der Waals surface area contributed by atoms with Crippen LogP contribution in [0, 0.1) is 0 Å². The largest absolute Gasteiger partial charge is 0.355 e. The fraction of sp³-hybridized carbons (Fsp3) is 0.375. The van der Waals surface area contributed by atoms with Gasteiger partial charge in [-0.15, -0.1) is 0 Å². The molecule has 1 saturated heterocycles. The molecule has 0 bridgehead atoms. The van der Waals surface area contributed by atoms with Crippen molar-refractivity contribution in [2.75, 3.05) is 6.54 Å². The van der Waals surface area contributed by atoms with Crippen LogP contribution in [0.25, 0.3) is 11.3 Å². The van der Waals surface area contributed by atoms with Crippen LogP contribution in [0.1, 0.15) is 30.3 Å². The molecule has 2 unspecified atom stereocenters. The predicted molar refractivity (Wildman–Crippen MR) is 84.9 cm³/mol. The van der Waals surface area contributed by atoms with Gasteiger partial charge in [0.05, 0.1) is 0 Å². The number of aromatic nitrogens is 1. The molecule has 2 N–H and O–H groups in total. The summed E-state index contributed by atoms with van der Waals surface area (Å²) in [6, 6.07) is 9.46. The molecular weight excluding hydrogens is 302 g/mol. The molecule has 0 aliphatic carbocycles. The van der Waals surface area contributed by atoms with E-state index in [1.165, 1.54) is 0 Å². The molecule has 116 valence electrons. The zero-order chi connectivity index (χ0) is 15.5. The fourth-order valence-corrected chi connectivity index (χ4v) is 2.78. The van der Waals surface area contributed by atoms with Crippen molar-refractivity contribution in [1.82, 2.24) is 15.8 Å². The lowest BCUT2D eigenvalue weighted by molar-refractivity contribution is 0.0916. The van der Waals surface area contributed by atoms with E-state index in [2.05, 4.69) is 22.7 Å². The number of carbonyl (C=O) groups is 1. The predicted octanol–water partition coefficient (Wildman–Crippen LogP) is 2.87. The van der Waals surface area contributed by atoms with Crippen molar-refractivity contribution in [3.63, 3.8) is 0 Å². The normalized spacial score (nSPS) is 21.5. The molecule has 6 heteroatoms. The zero-order valence-corrected chi connectivity index (χ0v) is 13.1. The number of carbonyl (C=O) groups excluding carboxylic acids is 1. The molecule has 22 heavy (non-hydrogen) atoms. The Morgan fingerprint density at radius 3 is 2.91 bits per heavy atom. The van der Waals surface area contributed by atoms with Crippen LogP contribution in [-0.4, -0.2) is 29.7 Å². The van der Waals surface area contributed by atoms with Crippen LogP contribution in [-0.2, 0) is 0 Å². The van der Waals surface area contributed by atoms with Gasteiger partial charge in [0.15, 0.2) is 11.5 Å². The molecule has 3 rings (SSSR count). The lowest BCUT2D eigenvalue weighted by atomic mass is 10.0. The second-order valence-electron chi connectivity index (χ2n) is 5.63. The van der Waals surface area contributed by atoms with Gasteiger partial charge < -0.3 is 15.2 Å². The first kappa shape index (κ1) is 15.1. The zero-order valence-electron chi connectivity index (χ0n) is 12.3. The highest BCUT2D eigenvalue weighted by Gasteiger charge is 2.22. The second-order valence-corrected chi connectivity index (χ2v) is 6.07. The fourth-order valence-electron chi connectivity index (χ4n) is 2.65. The molecule has 2 atom stereocenters. The maximum Gasteiger partial charge on any atom is 0.273 e. The van der Waals surface area contributed by atoms with Crippen molar-refractivity contribution in [2.24, 2.45) is 0 Å². The van der Waals surface area contributed by atoms with Gasteiger partial charge in [-0.3, -0.25) is 4.79 Å². The Morgan fingerprint density at radius 2 is 2.18 bits per heavy atom. The minimum absolute atomic E-state index is 0.180. The van der Waals surface area contributed by atoms with Gasteiger partial charge in [0.25, 0.3) is 5.91 Å². The third-order valence-corrected chi connectivity index (χ3v) is 4.08. The Kier molecular flexibility index (Phi) is 4.45. The molecule has 0 spiro atoms. The molecule has 0 radical (unpaired) electrons. The Balaban J connectivity index is 1.67. The summed E-state index contributed by atoms with van der Waals surface area (Å²) < 4.78 is 5.26. The average molecular weight is 320 g/mol. The highest BCUT2D eigenvalue weighted by molar-refractivity contribution is 6.30. The van der Waals surface area contributed by atoms with E-state index in [0.29, 0.717) is 22.5 Å². The van der Waals surface area contributed by atoms with Crippen molar-refractivity contribution in [3.05, 3.63) is 41.0 Å². The summed E-state index contributed by atoms with van der Waals surface area (Å²) in [5, 5.41) is 10.9. The van der Waals surface area contributed by atoms with E-state index < -0.39 is 0 Å². The third-order valence-electron chi connectivity index (χ3n) is 3.83. The standard InChI is InChI=1S/C16H18ClN3O2/c1-10-8-13(6-7-18-10)19-16(21)14-9-15(22-20-14)11-2-4-12(17)5-3-11/h2-5,9-10,13,18H,6-8H2,1H3,(H,19,21). The van der Waals surface area contributed by atoms with Gasteiger partial charge in [-0.25, -0.2) is 0 Å². The second kappa shape index (κ2) is 6.50. The van der Waals surface area contributed by atoms with Crippen molar-refractivity contribution in [2.45, 2.75) is 31.8 Å². The minimum Gasteiger partial charge on any atom is -0.355 e. The smallest absolute Gasteiger partial charge is 0.273 e. The maximum absolute atomic E-state index is 12.2. The van der Waals surface area contributed by atoms with Crippen LogP contribution in [0.5, 0.6) is 0 Å². The molecule has 1 aromatic heterocycles. The highest BCUT2D eigenvalue weighted by Crippen LogP contribution is 2.22. The number of rotatable bonds is 3. The van der Waals surface area contributed by atoms with E-state index in [9.17, 15) is 4.79 Å². The minimum atomic E-state index is -0.192. The number of nitrogens with zero attached hydrogens (tertiary/aromatic N) is 1. The van der Waals surface area contributed by atoms with Crippen LogP contribution >= 0.6 is 11.6 Å². The van der Waals surface area contributed by atoms with Crippen LogP contribution in [0.2, 0.25) is 5.02 Å². The molecule has 1 fully saturated rings. The number of hydrogen-bond acceptors (Lipinski definition) is 4. The summed E-state index contributed by atoms with van der Waals surface area (Å²) >= 11 is 5.86. The highest BCUT2D eigenvalue weighted by atomic mass is 35.5. The number of amides is 1. The van der Waals surface area contributed by atoms with E-state index in [1.54, 1.807) is 18.2 Å². The van der Waals surface area contributed by atoms with E-state index in [1.807, 2.05) is 12.1 Å². The van der Waals surface area contributed by atoms with E-state index >= 15 is 0 Å². The summed E-state index contributed by atoms with van der Waals surface area (Å²) in [5.74, 6) is 0.364. The molecule has 1 amide bonds. The van der Waals surface area contributed by atoms with Gasteiger partial charge in [0.1, 0.15) is 0 Å². The van der Waals surface area contributed by atoms with Gasteiger partial charge in [0, 0.05) is 28.7 Å². The summed E-state index contributed by atoms with van der Waals surface area (Å²) in [5.41, 5.74) is 1.14. The molecule has 2 heterocycles. The summed E-state index contributed by atoms with van der Waals surface area (Å²) in [4.78, 5) is 12.2. The van der Waals surface area contributed by atoms with Crippen molar-refractivity contribution in [1.29, 1.82) is 0 Å². The first-order chi connectivity index (χ1) is 10.6. The van der Waals surface area contributed by atoms with Gasteiger partial charge in [-0.1, -0.05) is 16.8 Å². The average Bonchev–Trinajstić information content (AvgIpc) is 2.98. The Hall–Kier alpha value is -1.85. The van der Waals surface area contributed by atoms with Crippen LogP contribution < -0.4 is 10.6 Å². The topological polar surface area (TPSA) is 67.2 Å². The van der Waals surface area contributed by atoms with E-state index in [4.69, 9.17) is 16.1 Å². The summed E-state index contributed by atoms with van der Waals surface area (Å²) in [6.07, 6.45) is 1.85. The number of piperidine rings is 1. The SMILES string of the molecule is CC1CC(NC(=O)c2cc(-c3ccc(Cl)cc3)on2)CCN1. The molecule has 1 aliphatic rings. The Labute approximate surface area is 134 Å². The van der Waals surface area contributed by atoms with Gasteiger partial charge in [0.2, 0.25) is 0 Å². The first-order valence-corrected chi connectivity index (χ1v) is 7.76. The van der Waals surface area contributed by atoms with Gasteiger partial charge >= 0.3 is 0 Å². The van der Waals surface area contributed by atoms with Gasteiger partial charge in [-0.2, -0.15) is 0 Å². The summed E-state index contributed by atoms with van der Waals surface area (Å²) in [7, 11) is 0. The lowest BCUT2D eigenvalue weighted by Gasteiger charge is -2.28. The quantitative estimate of drug-likeness (QED) is 0.913. The van der Waals surface area contributed by atoms with Crippen LogP contribution in [0.3, 0.4) is 0 Å². The molecule has 0 saturated carbocycles. The molecule has 2 aromatic rings. The van der Waals surface area contributed by atoms with E-state index in [-0.39, 0.29) is 11.9 Å². The molecular formula is C16H18ClN3O2. The number of nitrogens with one attached hydrogen (secondary N) is 2. The third kappa shape index (κ3) is 3.48. The van der Waals surface area contributed by atoms with Gasteiger partial charge in [-0.05, 0) is 50.6 Å². The number of hydrogen-bond donors (Lipinski definition) is 2.